The molecule has 152 valence electrons. The number of anilines is 1. The average molecular weight is 421 g/mol. The van der Waals surface area contributed by atoms with Gasteiger partial charge in [0.05, 0.1) is 17.2 Å². The molecular formula is C23H21FN4OS. The van der Waals surface area contributed by atoms with Crippen molar-refractivity contribution >= 4 is 34.4 Å². The van der Waals surface area contributed by atoms with Crippen LogP contribution in [0.1, 0.15) is 16.7 Å². The van der Waals surface area contributed by atoms with Gasteiger partial charge in [0.15, 0.2) is 5.16 Å². The zero-order valence-corrected chi connectivity index (χ0v) is 17.5. The largest absolute Gasteiger partial charge is 0.324 e. The van der Waals surface area contributed by atoms with Gasteiger partial charge in [-0.05, 0) is 49.2 Å². The van der Waals surface area contributed by atoms with Gasteiger partial charge >= 0.3 is 0 Å². The second kappa shape index (κ2) is 8.67. The summed E-state index contributed by atoms with van der Waals surface area (Å²) in [6.45, 7) is 4.12. The van der Waals surface area contributed by atoms with E-state index in [1.165, 1.54) is 23.9 Å². The van der Waals surface area contributed by atoms with Crippen LogP contribution in [0.25, 0.3) is 11.0 Å². The Morgan fingerprint density at radius 2 is 1.93 bits per heavy atom. The molecule has 4 rings (SSSR count). The first-order valence-corrected chi connectivity index (χ1v) is 10.5. The number of thioether (sulfide) groups is 1. The third kappa shape index (κ3) is 4.52. The lowest BCUT2D eigenvalue weighted by atomic mass is 10.1. The minimum Gasteiger partial charge on any atom is -0.324 e. The molecular weight excluding hydrogens is 399 g/mol. The van der Waals surface area contributed by atoms with Crippen LogP contribution in [0.4, 0.5) is 10.1 Å². The molecule has 1 N–H and O–H groups in total. The number of aromatic nitrogens is 3. The van der Waals surface area contributed by atoms with Gasteiger partial charge in [0.2, 0.25) is 5.91 Å². The molecule has 0 aliphatic rings. The maximum atomic E-state index is 13.2. The van der Waals surface area contributed by atoms with E-state index < -0.39 is 0 Å². The second-order valence-corrected chi connectivity index (χ2v) is 8.07. The number of hydrogen-bond acceptors (Lipinski definition) is 4. The number of fused-ring (bicyclic) bond motifs is 1. The van der Waals surface area contributed by atoms with Gasteiger partial charge in [-0.25, -0.2) is 9.37 Å². The van der Waals surface area contributed by atoms with Crippen molar-refractivity contribution in [2.75, 3.05) is 5.32 Å². The SMILES string of the molecule is Cc1ccc(NC(=O)Cn2c(SCc3ccc(F)cc3)nc3ccncc32)c(C)c1. The van der Waals surface area contributed by atoms with Crippen molar-refractivity contribution in [2.24, 2.45) is 0 Å². The third-order valence-electron chi connectivity index (χ3n) is 4.75. The van der Waals surface area contributed by atoms with Crippen LogP contribution in [0, 0.1) is 19.7 Å². The van der Waals surface area contributed by atoms with Gasteiger partial charge in [-0.15, -0.1) is 0 Å². The number of carbonyl (C=O) groups excluding carboxylic acids is 1. The summed E-state index contributed by atoms with van der Waals surface area (Å²) in [5.74, 6) is 0.231. The van der Waals surface area contributed by atoms with Gasteiger partial charge in [0, 0.05) is 17.6 Å². The molecule has 2 heterocycles. The number of nitrogens with zero attached hydrogens (tertiary/aromatic N) is 3. The highest BCUT2D eigenvalue weighted by molar-refractivity contribution is 7.98. The second-order valence-electron chi connectivity index (χ2n) is 7.13. The van der Waals surface area contributed by atoms with Crippen LogP contribution >= 0.6 is 11.8 Å². The molecule has 0 bridgehead atoms. The Morgan fingerprint density at radius 1 is 1.13 bits per heavy atom. The van der Waals surface area contributed by atoms with Gasteiger partial charge in [0.25, 0.3) is 0 Å². The Balaban J connectivity index is 1.56. The molecule has 0 radical (unpaired) electrons. The molecule has 0 aliphatic heterocycles. The van der Waals surface area contributed by atoms with E-state index in [9.17, 15) is 9.18 Å². The minimum absolute atomic E-state index is 0.126. The van der Waals surface area contributed by atoms with Crippen LogP contribution in [0.2, 0.25) is 0 Å². The third-order valence-corrected chi connectivity index (χ3v) is 5.80. The summed E-state index contributed by atoms with van der Waals surface area (Å²) in [7, 11) is 0. The summed E-state index contributed by atoms with van der Waals surface area (Å²) in [5, 5.41) is 3.71. The quantitative estimate of drug-likeness (QED) is 0.440. The summed E-state index contributed by atoms with van der Waals surface area (Å²) < 4.78 is 15.0. The fourth-order valence-corrected chi connectivity index (χ4v) is 4.20. The van der Waals surface area contributed by atoms with Crippen molar-refractivity contribution < 1.29 is 9.18 Å². The number of aryl methyl sites for hydroxylation is 2. The van der Waals surface area contributed by atoms with E-state index >= 15 is 0 Å². The molecule has 2 aromatic carbocycles. The molecule has 2 aromatic heterocycles. The normalized spacial score (nSPS) is 11.0. The van der Waals surface area contributed by atoms with Crippen molar-refractivity contribution in [2.45, 2.75) is 31.3 Å². The number of rotatable bonds is 6. The van der Waals surface area contributed by atoms with E-state index in [1.807, 2.05) is 42.7 Å². The molecule has 0 aliphatic carbocycles. The van der Waals surface area contributed by atoms with Crippen LogP contribution < -0.4 is 5.32 Å². The lowest BCUT2D eigenvalue weighted by molar-refractivity contribution is -0.116. The van der Waals surface area contributed by atoms with Crippen molar-refractivity contribution in [3.8, 4) is 0 Å². The molecule has 4 aromatic rings. The monoisotopic (exact) mass is 420 g/mol. The van der Waals surface area contributed by atoms with Crippen LogP contribution in [0.5, 0.6) is 0 Å². The van der Waals surface area contributed by atoms with E-state index in [4.69, 9.17) is 0 Å². The summed E-state index contributed by atoms with van der Waals surface area (Å²) in [5.41, 5.74) is 5.54. The number of hydrogen-bond donors (Lipinski definition) is 1. The van der Waals surface area contributed by atoms with Crippen molar-refractivity contribution in [1.29, 1.82) is 0 Å². The van der Waals surface area contributed by atoms with Gasteiger partial charge in [-0.1, -0.05) is 41.6 Å². The highest BCUT2D eigenvalue weighted by Crippen LogP contribution is 2.27. The standard InChI is InChI=1S/C23H21FN4OS/c1-15-3-8-19(16(2)11-15)26-22(29)13-28-21-12-25-10-9-20(21)27-23(28)30-14-17-4-6-18(24)7-5-17/h3-12H,13-14H2,1-2H3,(H,26,29). The highest BCUT2D eigenvalue weighted by Gasteiger charge is 2.15. The maximum absolute atomic E-state index is 13.2. The summed E-state index contributed by atoms with van der Waals surface area (Å²) in [6, 6.07) is 14.2. The summed E-state index contributed by atoms with van der Waals surface area (Å²) in [6.07, 6.45) is 3.40. The Labute approximate surface area is 178 Å². The Bertz CT molecular complexity index is 1200. The Hall–Kier alpha value is -3.19. The number of pyridine rings is 1. The first-order chi connectivity index (χ1) is 14.5. The number of benzene rings is 2. The van der Waals surface area contributed by atoms with E-state index in [0.717, 1.165) is 38.6 Å². The van der Waals surface area contributed by atoms with Gasteiger partial charge in [0.1, 0.15) is 12.4 Å². The van der Waals surface area contributed by atoms with Gasteiger partial charge in [-0.3, -0.25) is 9.78 Å². The van der Waals surface area contributed by atoms with Crippen LogP contribution in [-0.2, 0) is 17.1 Å². The van der Waals surface area contributed by atoms with E-state index in [2.05, 4.69) is 15.3 Å². The number of nitrogens with one attached hydrogen (secondary N) is 1. The zero-order chi connectivity index (χ0) is 21.1. The average Bonchev–Trinajstić information content (AvgIpc) is 3.07. The maximum Gasteiger partial charge on any atom is 0.244 e. The smallest absolute Gasteiger partial charge is 0.244 e. The van der Waals surface area contributed by atoms with E-state index in [0.29, 0.717) is 5.75 Å². The fourth-order valence-electron chi connectivity index (χ4n) is 3.23. The van der Waals surface area contributed by atoms with Crippen LogP contribution in [0.15, 0.2) is 66.1 Å². The predicted molar refractivity (Wildman–Crippen MR) is 118 cm³/mol. The van der Waals surface area contributed by atoms with Crippen molar-refractivity contribution in [3.63, 3.8) is 0 Å². The lowest BCUT2D eigenvalue weighted by Gasteiger charge is -2.12. The fraction of sp³-hybridized carbons (Fsp3) is 0.174. The molecule has 7 heteroatoms. The summed E-state index contributed by atoms with van der Waals surface area (Å²) >= 11 is 1.51. The first-order valence-electron chi connectivity index (χ1n) is 9.54. The Morgan fingerprint density at radius 3 is 2.70 bits per heavy atom. The highest BCUT2D eigenvalue weighted by atomic mass is 32.2. The number of halogens is 1. The molecule has 0 spiro atoms. The van der Waals surface area contributed by atoms with Gasteiger partial charge < -0.3 is 9.88 Å². The molecule has 0 saturated carbocycles. The molecule has 0 saturated heterocycles. The van der Waals surface area contributed by atoms with E-state index in [-0.39, 0.29) is 18.3 Å². The number of carbonyl (C=O) groups is 1. The summed E-state index contributed by atoms with van der Waals surface area (Å²) in [4.78, 5) is 21.6. The first kappa shape index (κ1) is 20.1. The molecule has 30 heavy (non-hydrogen) atoms. The molecule has 0 fully saturated rings. The zero-order valence-electron chi connectivity index (χ0n) is 16.7. The minimum atomic E-state index is -0.259. The molecule has 5 nitrogen and oxygen atoms in total. The van der Waals surface area contributed by atoms with Crippen molar-refractivity contribution in [3.05, 3.63) is 83.4 Å². The Kier molecular flexibility index (Phi) is 5.81. The number of imidazole rings is 1. The van der Waals surface area contributed by atoms with Crippen LogP contribution in [0.3, 0.4) is 0 Å². The predicted octanol–water partition coefficient (Wildman–Crippen LogP) is 5.12. The molecule has 0 atom stereocenters. The van der Waals surface area contributed by atoms with Crippen LogP contribution in [-0.4, -0.2) is 20.4 Å². The van der Waals surface area contributed by atoms with Crippen molar-refractivity contribution in [1.82, 2.24) is 14.5 Å². The molecule has 0 unspecified atom stereocenters. The molecule has 1 amide bonds. The number of amides is 1. The van der Waals surface area contributed by atoms with Gasteiger partial charge in [-0.2, -0.15) is 0 Å². The topological polar surface area (TPSA) is 59.8 Å². The lowest BCUT2D eigenvalue weighted by Crippen LogP contribution is -2.19. The van der Waals surface area contributed by atoms with E-state index in [1.54, 1.807) is 24.5 Å².